The minimum Gasteiger partial charge on any atom is -0.486 e. The summed E-state index contributed by atoms with van der Waals surface area (Å²) in [4.78, 5) is 11.6. The van der Waals surface area contributed by atoms with Gasteiger partial charge in [0.2, 0.25) is 0 Å². The number of rotatable bonds is 4. The van der Waals surface area contributed by atoms with Gasteiger partial charge in [0.15, 0.2) is 17.6 Å². The zero-order valence-corrected chi connectivity index (χ0v) is 9.89. The second kappa shape index (κ2) is 5.55. The highest BCUT2D eigenvalue weighted by Gasteiger charge is 2.20. The molecule has 1 aromatic carbocycles. The third-order valence-corrected chi connectivity index (χ3v) is 2.55. The van der Waals surface area contributed by atoms with Gasteiger partial charge in [0.25, 0.3) is 5.91 Å². The third-order valence-electron chi connectivity index (χ3n) is 2.55. The standard InChI is InChI=1S/C13H15NO4/c1-2-5-14-13(16)12(15)9-3-4-10-11(8-9)18-7-6-17-10/h2-4,8,12,15H,1,5-7H2,(H,14,16). The highest BCUT2D eigenvalue weighted by atomic mass is 16.6. The molecule has 0 saturated carbocycles. The molecule has 1 amide bonds. The Morgan fingerprint density at radius 2 is 2.17 bits per heavy atom. The fourth-order valence-corrected chi connectivity index (χ4v) is 1.65. The van der Waals surface area contributed by atoms with Crippen molar-refractivity contribution in [1.82, 2.24) is 5.32 Å². The van der Waals surface area contributed by atoms with E-state index in [1.165, 1.54) is 0 Å². The summed E-state index contributed by atoms with van der Waals surface area (Å²) in [5, 5.41) is 12.4. The number of fused-ring (bicyclic) bond motifs is 1. The number of hydrogen-bond donors (Lipinski definition) is 2. The maximum atomic E-state index is 11.6. The summed E-state index contributed by atoms with van der Waals surface area (Å²) in [6.45, 7) is 4.79. The lowest BCUT2D eigenvalue weighted by Crippen LogP contribution is -2.29. The number of aliphatic hydroxyl groups excluding tert-OH is 1. The molecule has 1 aliphatic rings. The fourth-order valence-electron chi connectivity index (χ4n) is 1.65. The monoisotopic (exact) mass is 249 g/mol. The van der Waals surface area contributed by atoms with Crippen LogP contribution in [-0.2, 0) is 4.79 Å². The molecule has 1 atom stereocenters. The van der Waals surface area contributed by atoms with Crippen LogP contribution in [0.25, 0.3) is 0 Å². The van der Waals surface area contributed by atoms with Crippen molar-refractivity contribution in [3.05, 3.63) is 36.4 Å². The van der Waals surface area contributed by atoms with Crippen LogP contribution in [0.2, 0.25) is 0 Å². The van der Waals surface area contributed by atoms with Crippen LogP contribution in [0.1, 0.15) is 11.7 Å². The molecule has 0 aromatic heterocycles. The molecule has 18 heavy (non-hydrogen) atoms. The molecule has 0 radical (unpaired) electrons. The van der Waals surface area contributed by atoms with E-state index in [1.807, 2.05) is 0 Å². The number of carbonyl (C=O) groups is 1. The van der Waals surface area contributed by atoms with Gasteiger partial charge >= 0.3 is 0 Å². The van der Waals surface area contributed by atoms with Crippen molar-refractivity contribution >= 4 is 5.91 Å². The van der Waals surface area contributed by atoms with Gasteiger partial charge in [-0.05, 0) is 17.7 Å². The van der Waals surface area contributed by atoms with Crippen molar-refractivity contribution in [1.29, 1.82) is 0 Å². The normalized spacial score (nSPS) is 14.7. The fraction of sp³-hybridized carbons (Fsp3) is 0.308. The van der Waals surface area contributed by atoms with Gasteiger partial charge in [0.1, 0.15) is 13.2 Å². The van der Waals surface area contributed by atoms with E-state index in [1.54, 1.807) is 24.3 Å². The summed E-state index contributed by atoms with van der Waals surface area (Å²) in [7, 11) is 0. The van der Waals surface area contributed by atoms with Gasteiger partial charge in [-0.3, -0.25) is 4.79 Å². The molecule has 5 heteroatoms. The number of ether oxygens (including phenoxy) is 2. The van der Waals surface area contributed by atoms with Gasteiger partial charge in [-0.1, -0.05) is 12.1 Å². The average molecular weight is 249 g/mol. The molecule has 1 heterocycles. The molecule has 2 N–H and O–H groups in total. The Bertz CT molecular complexity index is 458. The molecule has 2 rings (SSSR count). The van der Waals surface area contributed by atoms with Crippen molar-refractivity contribution in [2.24, 2.45) is 0 Å². The van der Waals surface area contributed by atoms with Crippen LogP contribution in [0.3, 0.4) is 0 Å². The number of nitrogens with one attached hydrogen (secondary N) is 1. The summed E-state index contributed by atoms with van der Waals surface area (Å²) in [5.74, 6) is 0.713. The van der Waals surface area contributed by atoms with Crippen LogP contribution in [0.15, 0.2) is 30.9 Å². The van der Waals surface area contributed by atoms with E-state index in [9.17, 15) is 9.90 Å². The van der Waals surface area contributed by atoms with E-state index in [2.05, 4.69) is 11.9 Å². The van der Waals surface area contributed by atoms with E-state index in [0.29, 0.717) is 36.8 Å². The van der Waals surface area contributed by atoms with Crippen LogP contribution in [0, 0.1) is 0 Å². The van der Waals surface area contributed by atoms with Crippen LogP contribution in [-0.4, -0.2) is 30.8 Å². The van der Waals surface area contributed by atoms with Gasteiger partial charge in [-0.25, -0.2) is 0 Å². The van der Waals surface area contributed by atoms with E-state index in [-0.39, 0.29) is 0 Å². The molecule has 1 unspecified atom stereocenters. The predicted octanol–water partition coefficient (Wildman–Crippen LogP) is 0.793. The zero-order valence-electron chi connectivity index (χ0n) is 9.89. The van der Waals surface area contributed by atoms with Crippen molar-refractivity contribution in [3.8, 4) is 11.5 Å². The molecule has 1 aliphatic heterocycles. The summed E-state index contributed by atoms with van der Waals surface area (Å²) in [6.07, 6.45) is 0.329. The number of carbonyl (C=O) groups excluding carboxylic acids is 1. The van der Waals surface area contributed by atoms with Gasteiger partial charge in [-0.15, -0.1) is 6.58 Å². The first-order valence-corrected chi connectivity index (χ1v) is 5.68. The molecule has 0 fully saturated rings. The SMILES string of the molecule is C=CCNC(=O)C(O)c1ccc2c(c1)OCCO2. The topological polar surface area (TPSA) is 67.8 Å². The average Bonchev–Trinajstić information content (AvgIpc) is 2.43. The quantitative estimate of drug-likeness (QED) is 0.774. The third kappa shape index (κ3) is 2.62. The molecule has 0 saturated heterocycles. The summed E-state index contributed by atoms with van der Waals surface area (Å²) < 4.78 is 10.8. The molecular weight excluding hydrogens is 234 g/mol. The van der Waals surface area contributed by atoms with Gasteiger partial charge < -0.3 is 19.9 Å². The minimum atomic E-state index is -1.22. The van der Waals surface area contributed by atoms with Crippen LogP contribution >= 0.6 is 0 Å². The Kier molecular flexibility index (Phi) is 3.84. The van der Waals surface area contributed by atoms with Crippen molar-refractivity contribution in [3.63, 3.8) is 0 Å². The van der Waals surface area contributed by atoms with Crippen molar-refractivity contribution in [2.75, 3.05) is 19.8 Å². The number of amides is 1. The first-order chi connectivity index (χ1) is 8.72. The Labute approximate surface area is 105 Å². The predicted molar refractivity (Wildman–Crippen MR) is 65.6 cm³/mol. The zero-order chi connectivity index (χ0) is 13.0. The van der Waals surface area contributed by atoms with E-state index < -0.39 is 12.0 Å². The Hall–Kier alpha value is -2.01. The van der Waals surface area contributed by atoms with Gasteiger partial charge in [0, 0.05) is 6.54 Å². The maximum Gasteiger partial charge on any atom is 0.253 e. The Balaban J connectivity index is 2.12. The molecule has 0 bridgehead atoms. The Morgan fingerprint density at radius 3 is 2.89 bits per heavy atom. The second-order valence-electron chi connectivity index (χ2n) is 3.84. The smallest absolute Gasteiger partial charge is 0.253 e. The largest absolute Gasteiger partial charge is 0.486 e. The maximum absolute atomic E-state index is 11.6. The highest BCUT2D eigenvalue weighted by Crippen LogP contribution is 2.32. The molecule has 0 spiro atoms. The van der Waals surface area contributed by atoms with Crippen LogP contribution < -0.4 is 14.8 Å². The van der Waals surface area contributed by atoms with E-state index in [4.69, 9.17) is 9.47 Å². The van der Waals surface area contributed by atoms with Crippen molar-refractivity contribution in [2.45, 2.75) is 6.10 Å². The van der Waals surface area contributed by atoms with Gasteiger partial charge in [0.05, 0.1) is 0 Å². The molecule has 1 aromatic rings. The number of benzene rings is 1. The highest BCUT2D eigenvalue weighted by molar-refractivity contribution is 5.82. The number of hydrogen-bond acceptors (Lipinski definition) is 4. The lowest BCUT2D eigenvalue weighted by Gasteiger charge is -2.20. The molecule has 0 aliphatic carbocycles. The van der Waals surface area contributed by atoms with Crippen LogP contribution in [0.4, 0.5) is 0 Å². The second-order valence-corrected chi connectivity index (χ2v) is 3.84. The number of aliphatic hydroxyl groups is 1. The lowest BCUT2D eigenvalue weighted by atomic mass is 10.1. The van der Waals surface area contributed by atoms with Crippen LogP contribution in [0.5, 0.6) is 11.5 Å². The molecular formula is C13H15NO4. The Morgan fingerprint density at radius 1 is 1.44 bits per heavy atom. The van der Waals surface area contributed by atoms with E-state index >= 15 is 0 Å². The molecule has 96 valence electrons. The minimum absolute atomic E-state index is 0.320. The van der Waals surface area contributed by atoms with Gasteiger partial charge in [-0.2, -0.15) is 0 Å². The lowest BCUT2D eigenvalue weighted by molar-refractivity contribution is -0.129. The van der Waals surface area contributed by atoms with E-state index in [0.717, 1.165) is 0 Å². The molecule has 5 nitrogen and oxygen atoms in total. The summed E-state index contributed by atoms with van der Waals surface area (Å²) in [5.41, 5.74) is 0.473. The van der Waals surface area contributed by atoms with Crippen molar-refractivity contribution < 1.29 is 19.4 Å². The first-order valence-electron chi connectivity index (χ1n) is 5.68. The first kappa shape index (κ1) is 12.4. The summed E-state index contributed by atoms with van der Waals surface area (Å²) in [6, 6.07) is 4.95. The summed E-state index contributed by atoms with van der Waals surface area (Å²) >= 11 is 0.